The molecule has 1 aliphatic heterocycles. The zero-order valence-corrected chi connectivity index (χ0v) is 13.4. The van der Waals surface area contributed by atoms with Gasteiger partial charge in [-0.15, -0.1) is 0 Å². The monoisotopic (exact) mass is 348 g/mol. The molecule has 0 radical (unpaired) electrons. The second kappa shape index (κ2) is 6.69. The summed E-state index contributed by atoms with van der Waals surface area (Å²) in [6.07, 6.45) is -3.68. The van der Waals surface area contributed by atoms with Gasteiger partial charge in [0.25, 0.3) is 0 Å². The highest BCUT2D eigenvalue weighted by atomic mass is 19.4. The molecule has 1 aromatic carbocycles. The number of hydrogen-bond donors (Lipinski definition) is 0. The van der Waals surface area contributed by atoms with Crippen LogP contribution in [0.15, 0.2) is 36.5 Å². The number of hydrogen-bond acceptors (Lipinski definition) is 5. The number of alkyl halides is 3. The quantitative estimate of drug-likeness (QED) is 0.833. The number of nitriles is 1. The molecule has 1 aliphatic rings. The first kappa shape index (κ1) is 17.2. The largest absolute Gasteiger partial charge is 0.416 e. The second-order valence-electron chi connectivity index (χ2n) is 5.82. The van der Waals surface area contributed by atoms with Gasteiger partial charge in [-0.25, -0.2) is 9.97 Å². The first-order valence-electron chi connectivity index (χ1n) is 7.67. The van der Waals surface area contributed by atoms with Gasteiger partial charge in [0.2, 0.25) is 5.95 Å². The predicted molar refractivity (Wildman–Crippen MR) is 83.7 cm³/mol. The number of halogens is 3. The number of aromatic nitrogens is 2. The van der Waals surface area contributed by atoms with E-state index >= 15 is 0 Å². The predicted octanol–water partition coefficient (Wildman–Crippen LogP) is 3.33. The number of anilines is 1. The van der Waals surface area contributed by atoms with Crippen LogP contribution < -0.4 is 4.90 Å². The standard InChI is InChI=1S/C17H15F3N4O/c1-11-9-24(16-22-6-5-14(8-21)23-16)10-15(25-11)12-3-2-4-13(7-12)17(18,19)20/h2-7,11,15H,9-10H2,1H3. The van der Waals surface area contributed by atoms with E-state index in [9.17, 15) is 13.2 Å². The van der Waals surface area contributed by atoms with Crippen molar-refractivity contribution in [3.63, 3.8) is 0 Å². The first-order valence-corrected chi connectivity index (χ1v) is 7.67. The molecule has 25 heavy (non-hydrogen) atoms. The van der Waals surface area contributed by atoms with Crippen LogP contribution in [-0.2, 0) is 10.9 Å². The van der Waals surface area contributed by atoms with E-state index in [1.54, 1.807) is 6.07 Å². The highest BCUT2D eigenvalue weighted by molar-refractivity contribution is 5.36. The van der Waals surface area contributed by atoms with E-state index in [4.69, 9.17) is 10.00 Å². The van der Waals surface area contributed by atoms with Crippen LogP contribution >= 0.6 is 0 Å². The number of ether oxygens (including phenoxy) is 1. The lowest BCUT2D eigenvalue weighted by Gasteiger charge is -2.37. The van der Waals surface area contributed by atoms with Gasteiger partial charge in [-0.2, -0.15) is 18.4 Å². The lowest BCUT2D eigenvalue weighted by molar-refractivity contribution is -0.137. The SMILES string of the molecule is CC1CN(c2nccc(C#N)n2)CC(c2cccc(C(F)(F)F)c2)O1. The van der Waals surface area contributed by atoms with Crippen LogP contribution in [0.1, 0.15) is 29.8 Å². The number of morpholine rings is 1. The summed E-state index contributed by atoms with van der Waals surface area (Å²) < 4.78 is 44.6. The van der Waals surface area contributed by atoms with Crippen molar-refractivity contribution >= 4 is 5.95 Å². The molecular weight excluding hydrogens is 333 g/mol. The van der Waals surface area contributed by atoms with Crippen molar-refractivity contribution in [3.05, 3.63) is 53.3 Å². The number of nitrogens with zero attached hydrogens (tertiary/aromatic N) is 4. The summed E-state index contributed by atoms with van der Waals surface area (Å²) in [5.74, 6) is 0.367. The zero-order chi connectivity index (χ0) is 18.0. The van der Waals surface area contributed by atoms with Crippen molar-refractivity contribution in [1.82, 2.24) is 9.97 Å². The summed E-state index contributed by atoms with van der Waals surface area (Å²) in [5, 5.41) is 8.96. The molecule has 0 saturated carbocycles. The molecule has 2 aromatic rings. The van der Waals surface area contributed by atoms with Crippen LogP contribution in [0, 0.1) is 11.3 Å². The van der Waals surface area contributed by atoms with Crippen molar-refractivity contribution in [2.24, 2.45) is 0 Å². The molecule has 5 nitrogen and oxygen atoms in total. The van der Waals surface area contributed by atoms with Gasteiger partial charge in [0, 0.05) is 12.7 Å². The Labute approximate surface area is 142 Å². The Hall–Kier alpha value is -2.66. The Balaban J connectivity index is 1.87. The summed E-state index contributed by atoms with van der Waals surface area (Å²) in [6, 6.07) is 8.57. The molecule has 2 atom stereocenters. The third kappa shape index (κ3) is 3.88. The second-order valence-corrected chi connectivity index (χ2v) is 5.82. The molecule has 0 amide bonds. The van der Waals surface area contributed by atoms with Crippen molar-refractivity contribution < 1.29 is 17.9 Å². The van der Waals surface area contributed by atoms with Gasteiger partial charge in [0.05, 0.1) is 18.2 Å². The third-order valence-corrected chi connectivity index (χ3v) is 3.89. The average Bonchev–Trinajstić information content (AvgIpc) is 2.60. The fourth-order valence-corrected chi connectivity index (χ4v) is 2.78. The maximum Gasteiger partial charge on any atom is 0.416 e. The van der Waals surface area contributed by atoms with Gasteiger partial charge in [-0.05, 0) is 30.7 Å². The minimum absolute atomic E-state index is 0.220. The van der Waals surface area contributed by atoms with E-state index in [0.717, 1.165) is 12.1 Å². The molecule has 3 rings (SSSR count). The Morgan fingerprint density at radius 3 is 2.80 bits per heavy atom. The highest BCUT2D eigenvalue weighted by Gasteiger charge is 2.33. The van der Waals surface area contributed by atoms with Crippen molar-refractivity contribution in [2.45, 2.75) is 25.3 Å². The third-order valence-electron chi connectivity index (χ3n) is 3.89. The molecule has 0 aliphatic carbocycles. The highest BCUT2D eigenvalue weighted by Crippen LogP contribution is 2.33. The van der Waals surface area contributed by atoms with E-state index in [2.05, 4.69) is 9.97 Å². The maximum absolute atomic E-state index is 12.9. The Morgan fingerprint density at radius 1 is 1.28 bits per heavy atom. The number of rotatable bonds is 2. The number of benzene rings is 1. The van der Waals surface area contributed by atoms with E-state index in [-0.39, 0.29) is 11.8 Å². The molecule has 1 saturated heterocycles. The molecule has 0 N–H and O–H groups in total. The van der Waals surface area contributed by atoms with Crippen LogP contribution in [0.4, 0.5) is 19.1 Å². The fourth-order valence-electron chi connectivity index (χ4n) is 2.78. The lowest BCUT2D eigenvalue weighted by Crippen LogP contribution is -2.43. The van der Waals surface area contributed by atoms with Crippen molar-refractivity contribution in [2.75, 3.05) is 18.0 Å². The van der Waals surface area contributed by atoms with Crippen LogP contribution in [-0.4, -0.2) is 29.2 Å². The molecule has 0 spiro atoms. The van der Waals surface area contributed by atoms with Crippen molar-refractivity contribution in [1.29, 1.82) is 5.26 Å². The Kier molecular flexibility index (Phi) is 4.59. The zero-order valence-electron chi connectivity index (χ0n) is 13.4. The van der Waals surface area contributed by atoms with Crippen LogP contribution in [0.3, 0.4) is 0 Å². The average molecular weight is 348 g/mol. The van der Waals surface area contributed by atoms with Gasteiger partial charge in [0.15, 0.2) is 0 Å². The molecule has 2 unspecified atom stereocenters. The topological polar surface area (TPSA) is 62.0 Å². The minimum Gasteiger partial charge on any atom is -0.367 e. The van der Waals surface area contributed by atoms with Gasteiger partial charge in [0.1, 0.15) is 17.9 Å². The minimum atomic E-state index is -4.40. The molecule has 1 aromatic heterocycles. The van der Waals surface area contributed by atoms with Gasteiger partial charge >= 0.3 is 6.18 Å². The van der Waals surface area contributed by atoms with Crippen LogP contribution in [0.5, 0.6) is 0 Å². The maximum atomic E-state index is 12.9. The summed E-state index contributed by atoms with van der Waals surface area (Å²) in [4.78, 5) is 10.1. The summed E-state index contributed by atoms with van der Waals surface area (Å²) in [7, 11) is 0. The smallest absolute Gasteiger partial charge is 0.367 e. The summed E-state index contributed by atoms with van der Waals surface area (Å²) in [5.41, 5.74) is -0.0244. The van der Waals surface area contributed by atoms with E-state index in [1.807, 2.05) is 17.9 Å². The molecule has 2 heterocycles. The van der Waals surface area contributed by atoms with Gasteiger partial charge in [-0.3, -0.25) is 0 Å². The van der Waals surface area contributed by atoms with E-state index < -0.39 is 17.8 Å². The van der Waals surface area contributed by atoms with E-state index in [1.165, 1.54) is 18.3 Å². The molecule has 1 fully saturated rings. The van der Waals surface area contributed by atoms with E-state index in [0.29, 0.717) is 24.6 Å². The van der Waals surface area contributed by atoms with Crippen LogP contribution in [0.2, 0.25) is 0 Å². The first-order chi connectivity index (χ1) is 11.9. The Morgan fingerprint density at radius 2 is 2.08 bits per heavy atom. The summed E-state index contributed by atoms with van der Waals surface area (Å²) in [6.45, 7) is 2.63. The lowest BCUT2D eigenvalue weighted by atomic mass is 10.0. The van der Waals surface area contributed by atoms with Crippen LogP contribution in [0.25, 0.3) is 0 Å². The fraction of sp³-hybridized carbons (Fsp3) is 0.353. The molecule has 0 bridgehead atoms. The molecule has 130 valence electrons. The van der Waals surface area contributed by atoms with Gasteiger partial charge < -0.3 is 9.64 Å². The molecular formula is C17H15F3N4O. The normalized spacial score (nSPS) is 21.0. The van der Waals surface area contributed by atoms with Crippen molar-refractivity contribution in [3.8, 4) is 6.07 Å². The summed E-state index contributed by atoms with van der Waals surface area (Å²) >= 11 is 0. The van der Waals surface area contributed by atoms with Gasteiger partial charge in [-0.1, -0.05) is 12.1 Å². The molecule has 8 heteroatoms. The Bertz CT molecular complexity index is 803.